The summed E-state index contributed by atoms with van der Waals surface area (Å²) in [4.78, 5) is 28.2. The summed E-state index contributed by atoms with van der Waals surface area (Å²) < 4.78 is 6.70. The number of benzene rings is 1. The lowest BCUT2D eigenvalue weighted by atomic mass is 10.1. The van der Waals surface area contributed by atoms with E-state index in [2.05, 4.69) is 15.4 Å². The molecule has 0 aliphatic rings. The molecule has 26 heavy (non-hydrogen) atoms. The number of nitrogens with one attached hydrogen (secondary N) is 1. The van der Waals surface area contributed by atoms with Crippen molar-refractivity contribution in [2.45, 2.75) is 13.5 Å². The van der Waals surface area contributed by atoms with Crippen molar-refractivity contribution < 1.29 is 14.3 Å². The van der Waals surface area contributed by atoms with Gasteiger partial charge in [-0.3, -0.25) is 9.48 Å². The number of rotatable bonds is 6. The normalized spacial score (nSPS) is 10.5. The van der Waals surface area contributed by atoms with Crippen LogP contribution in [0.25, 0.3) is 10.6 Å². The van der Waals surface area contributed by atoms with Crippen LogP contribution in [0.4, 0.5) is 0 Å². The third kappa shape index (κ3) is 4.34. The Kier molecular flexibility index (Phi) is 5.43. The fourth-order valence-corrected chi connectivity index (χ4v) is 3.05. The average Bonchev–Trinajstić information content (AvgIpc) is 3.28. The highest BCUT2D eigenvalue weighted by molar-refractivity contribution is 7.13. The van der Waals surface area contributed by atoms with Crippen LogP contribution in [0.15, 0.2) is 42.0 Å². The van der Waals surface area contributed by atoms with Crippen LogP contribution in [0.5, 0.6) is 0 Å². The summed E-state index contributed by atoms with van der Waals surface area (Å²) in [5.41, 5.74) is 3.12. The monoisotopic (exact) mass is 370 g/mol. The highest BCUT2D eigenvalue weighted by atomic mass is 32.1. The van der Waals surface area contributed by atoms with Crippen molar-refractivity contribution in [3.63, 3.8) is 0 Å². The Morgan fingerprint density at radius 3 is 2.85 bits per heavy atom. The van der Waals surface area contributed by atoms with Crippen molar-refractivity contribution in [2.75, 3.05) is 6.61 Å². The van der Waals surface area contributed by atoms with E-state index >= 15 is 0 Å². The van der Waals surface area contributed by atoms with Crippen LogP contribution >= 0.6 is 11.3 Å². The number of thiazole rings is 1. The molecule has 0 saturated carbocycles. The first-order chi connectivity index (χ1) is 12.5. The predicted molar refractivity (Wildman–Crippen MR) is 97.6 cm³/mol. The number of amides is 1. The van der Waals surface area contributed by atoms with Crippen LogP contribution < -0.4 is 5.32 Å². The Labute approximate surface area is 154 Å². The minimum absolute atomic E-state index is 0.181. The molecule has 0 bridgehead atoms. The Balaban J connectivity index is 1.50. The molecular formula is C18H18N4O3S. The minimum atomic E-state index is -0.623. The fourth-order valence-electron chi connectivity index (χ4n) is 2.29. The third-order valence-electron chi connectivity index (χ3n) is 3.74. The van der Waals surface area contributed by atoms with Crippen molar-refractivity contribution in [3.8, 4) is 10.6 Å². The molecule has 0 spiro atoms. The zero-order valence-corrected chi connectivity index (χ0v) is 15.2. The average molecular weight is 370 g/mol. The van der Waals surface area contributed by atoms with E-state index in [1.54, 1.807) is 16.3 Å². The third-order valence-corrected chi connectivity index (χ3v) is 4.63. The Morgan fingerprint density at radius 1 is 1.31 bits per heavy atom. The van der Waals surface area contributed by atoms with E-state index in [0.29, 0.717) is 11.6 Å². The lowest BCUT2D eigenvalue weighted by Gasteiger charge is -2.08. The standard InChI is InChI=1S/C18H18N4O3S/c1-12-5-3-4-6-13(12)7-19-16(23)10-25-18(24)15-11-26-17(21-15)14-8-20-22(2)9-14/h3-6,8-9,11H,7,10H2,1-2H3,(H,19,23). The van der Waals surface area contributed by atoms with E-state index in [1.165, 1.54) is 11.3 Å². The first-order valence-electron chi connectivity index (χ1n) is 7.96. The largest absolute Gasteiger partial charge is 0.451 e. The maximum Gasteiger partial charge on any atom is 0.358 e. The van der Waals surface area contributed by atoms with Gasteiger partial charge in [0.25, 0.3) is 5.91 Å². The van der Waals surface area contributed by atoms with Gasteiger partial charge in [-0.2, -0.15) is 5.10 Å². The van der Waals surface area contributed by atoms with Crippen molar-refractivity contribution in [1.29, 1.82) is 0 Å². The fraction of sp³-hybridized carbons (Fsp3) is 0.222. The molecule has 0 radical (unpaired) electrons. The van der Waals surface area contributed by atoms with Gasteiger partial charge in [-0.15, -0.1) is 11.3 Å². The summed E-state index contributed by atoms with van der Waals surface area (Å²) >= 11 is 1.32. The van der Waals surface area contributed by atoms with Crippen molar-refractivity contribution in [3.05, 3.63) is 58.9 Å². The van der Waals surface area contributed by atoms with Crippen LogP contribution in [0.1, 0.15) is 21.6 Å². The molecule has 7 nitrogen and oxygen atoms in total. The molecule has 1 aromatic carbocycles. The van der Waals surface area contributed by atoms with Crippen LogP contribution in [0.3, 0.4) is 0 Å². The smallest absolute Gasteiger partial charge is 0.358 e. The second kappa shape index (κ2) is 7.92. The first-order valence-corrected chi connectivity index (χ1v) is 8.84. The van der Waals surface area contributed by atoms with Gasteiger partial charge >= 0.3 is 5.97 Å². The maximum absolute atomic E-state index is 12.0. The highest BCUT2D eigenvalue weighted by Crippen LogP contribution is 2.23. The molecular weight excluding hydrogens is 352 g/mol. The molecule has 2 heterocycles. The Hall–Kier alpha value is -3.00. The molecule has 1 N–H and O–H groups in total. The predicted octanol–water partition coefficient (Wildman–Crippen LogP) is 2.33. The van der Waals surface area contributed by atoms with E-state index in [1.807, 2.05) is 44.4 Å². The highest BCUT2D eigenvalue weighted by Gasteiger charge is 2.15. The number of aromatic nitrogens is 3. The number of ether oxygens (including phenoxy) is 1. The summed E-state index contributed by atoms with van der Waals surface area (Å²) in [7, 11) is 1.81. The molecule has 0 atom stereocenters. The van der Waals surface area contributed by atoms with Gasteiger partial charge in [-0.25, -0.2) is 9.78 Å². The number of nitrogens with zero attached hydrogens (tertiary/aromatic N) is 3. The van der Waals surface area contributed by atoms with Crippen molar-refractivity contribution >= 4 is 23.2 Å². The van der Waals surface area contributed by atoms with E-state index < -0.39 is 5.97 Å². The molecule has 0 unspecified atom stereocenters. The molecule has 134 valence electrons. The van der Waals surface area contributed by atoms with Gasteiger partial charge in [-0.05, 0) is 18.1 Å². The SMILES string of the molecule is Cc1ccccc1CNC(=O)COC(=O)c1csc(-c2cnn(C)c2)n1. The summed E-state index contributed by atoms with van der Waals surface area (Å²) in [6, 6.07) is 7.77. The van der Waals surface area contributed by atoms with Crippen molar-refractivity contribution in [2.24, 2.45) is 7.05 Å². The molecule has 0 fully saturated rings. The molecule has 8 heteroatoms. The zero-order chi connectivity index (χ0) is 18.5. The number of carbonyl (C=O) groups excluding carboxylic acids is 2. The van der Waals surface area contributed by atoms with Crippen LogP contribution in [0.2, 0.25) is 0 Å². The molecule has 2 aromatic heterocycles. The van der Waals surface area contributed by atoms with Gasteiger partial charge in [0.1, 0.15) is 5.01 Å². The topological polar surface area (TPSA) is 86.1 Å². The molecule has 1 amide bonds. The number of esters is 1. The van der Waals surface area contributed by atoms with Gasteiger partial charge in [-0.1, -0.05) is 24.3 Å². The first kappa shape index (κ1) is 17.8. The summed E-state index contributed by atoms with van der Waals surface area (Å²) in [6.07, 6.45) is 3.49. The molecule has 3 aromatic rings. The molecule has 0 aliphatic carbocycles. The lowest BCUT2D eigenvalue weighted by molar-refractivity contribution is -0.124. The quantitative estimate of drug-likeness (QED) is 0.673. The second-order valence-electron chi connectivity index (χ2n) is 5.72. The second-order valence-corrected chi connectivity index (χ2v) is 6.58. The van der Waals surface area contributed by atoms with Crippen LogP contribution in [-0.2, 0) is 23.1 Å². The maximum atomic E-state index is 12.0. The number of carbonyl (C=O) groups is 2. The van der Waals surface area contributed by atoms with Crippen LogP contribution in [-0.4, -0.2) is 33.2 Å². The van der Waals surface area contributed by atoms with Gasteiger partial charge in [0.2, 0.25) is 0 Å². The summed E-state index contributed by atoms with van der Waals surface area (Å²) in [6.45, 7) is 2.03. The minimum Gasteiger partial charge on any atom is -0.451 e. The van der Waals surface area contributed by atoms with Gasteiger partial charge in [0.15, 0.2) is 12.3 Å². The van der Waals surface area contributed by atoms with Gasteiger partial charge in [0.05, 0.1) is 6.20 Å². The van der Waals surface area contributed by atoms with Crippen LogP contribution in [0, 0.1) is 6.92 Å². The van der Waals surface area contributed by atoms with E-state index in [-0.39, 0.29) is 18.2 Å². The Morgan fingerprint density at radius 2 is 2.12 bits per heavy atom. The van der Waals surface area contributed by atoms with Gasteiger partial charge < -0.3 is 10.1 Å². The summed E-state index contributed by atoms with van der Waals surface area (Å²) in [5, 5.41) is 9.09. The summed E-state index contributed by atoms with van der Waals surface area (Å²) in [5.74, 6) is -0.980. The Bertz CT molecular complexity index is 932. The molecule has 0 aliphatic heterocycles. The van der Waals surface area contributed by atoms with E-state index in [4.69, 9.17) is 4.74 Å². The number of hydrogen-bond acceptors (Lipinski definition) is 6. The zero-order valence-electron chi connectivity index (χ0n) is 14.4. The molecule has 0 saturated heterocycles. The lowest BCUT2D eigenvalue weighted by Crippen LogP contribution is -2.28. The number of hydrogen-bond donors (Lipinski definition) is 1. The molecule has 3 rings (SSSR count). The number of aryl methyl sites for hydroxylation is 2. The van der Waals surface area contributed by atoms with Crippen molar-refractivity contribution in [1.82, 2.24) is 20.1 Å². The van der Waals surface area contributed by atoms with E-state index in [9.17, 15) is 9.59 Å². The van der Waals surface area contributed by atoms with Gasteiger partial charge in [0, 0.05) is 30.7 Å². The van der Waals surface area contributed by atoms with E-state index in [0.717, 1.165) is 16.7 Å².